The third-order valence-electron chi connectivity index (χ3n) is 2.60. The SMILES string of the molecule is CC(C)(C)Nc1cnnc(NCCc2ccccc2)n1. The predicted octanol–water partition coefficient (Wildman–Crippen LogP) is 2.74. The Morgan fingerprint density at radius 3 is 2.55 bits per heavy atom. The number of anilines is 2. The van der Waals surface area contributed by atoms with Crippen molar-refractivity contribution in [2.24, 2.45) is 0 Å². The van der Waals surface area contributed by atoms with E-state index in [2.05, 4.69) is 58.7 Å². The van der Waals surface area contributed by atoms with E-state index < -0.39 is 0 Å². The van der Waals surface area contributed by atoms with Crippen LogP contribution in [0, 0.1) is 0 Å². The van der Waals surface area contributed by atoms with E-state index in [1.165, 1.54) is 5.56 Å². The zero-order chi connectivity index (χ0) is 14.4. The Bertz CT molecular complexity index is 533. The fraction of sp³-hybridized carbons (Fsp3) is 0.400. The van der Waals surface area contributed by atoms with Gasteiger partial charge in [-0.15, -0.1) is 5.10 Å². The van der Waals surface area contributed by atoms with Gasteiger partial charge in [0.05, 0.1) is 6.20 Å². The molecule has 0 atom stereocenters. The molecular weight excluding hydrogens is 250 g/mol. The van der Waals surface area contributed by atoms with Crippen molar-refractivity contribution >= 4 is 11.8 Å². The summed E-state index contributed by atoms with van der Waals surface area (Å²) in [6.45, 7) is 7.03. The normalized spacial score (nSPS) is 11.2. The average molecular weight is 271 g/mol. The third kappa shape index (κ3) is 4.84. The van der Waals surface area contributed by atoms with Crippen molar-refractivity contribution in [2.45, 2.75) is 32.7 Å². The van der Waals surface area contributed by atoms with Gasteiger partial charge >= 0.3 is 0 Å². The maximum absolute atomic E-state index is 4.39. The van der Waals surface area contributed by atoms with Crippen LogP contribution < -0.4 is 10.6 Å². The Labute approximate surface area is 119 Å². The lowest BCUT2D eigenvalue weighted by molar-refractivity contribution is 0.629. The van der Waals surface area contributed by atoms with Gasteiger partial charge in [0, 0.05) is 12.1 Å². The molecule has 106 valence electrons. The van der Waals surface area contributed by atoms with Gasteiger partial charge in [-0.05, 0) is 32.8 Å². The maximum atomic E-state index is 4.39. The average Bonchev–Trinajstić information content (AvgIpc) is 2.38. The zero-order valence-corrected chi connectivity index (χ0v) is 12.2. The molecule has 2 N–H and O–H groups in total. The van der Waals surface area contributed by atoms with Crippen LogP contribution in [0.25, 0.3) is 0 Å². The van der Waals surface area contributed by atoms with Gasteiger partial charge in [-0.1, -0.05) is 30.3 Å². The van der Waals surface area contributed by atoms with Crippen LogP contribution in [0.3, 0.4) is 0 Å². The predicted molar refractivity (Wildman–Crippen MR) is 81.8 cm³/mol. The molecule has 1 aromatic heterocycles. The maximum Gasteiger partial charge on any atom is 0.244 e. The van der Waals surface area contributed by atoms with Crippen LogP contribution in [0.1, 0.15) is 26.3 Å². The molecule has 0 unspecified atom stereocenters. The zero-order valence-electron chi connectivity index (χ0n) is 12.2. The van der Waals surface area contributed by atoms with Crippen LogP contribution in [0.15, 0.2) is 36.5 Å². The Hall–Kier alpha value is -2.17. The molecule has 1 aromatic carbocycles. The summed E-state index contributed by atoms with van der Waals surface area (Å²) >= 11 is 0. The lowest BCUT2D eigenvalue weighted by atomic mass is 10.1. The number of rotatable bonds is 5. The van der Waals surface area contributed by atoms with E-state index in [-0.39, 0.29) is 5.54 Å². The summed E-state index contributed by atoms with van der Waals surface area (Å²) in [5, 5.41) is 14.4. The number of hydrogen-bond acceptors (Lipinski definition) is 5. The second-order valence-corrected chi connectivity index (χ2v) is 5.70. The number of aromatic nitrogens is 3. The highest BCUT2D eigenvalue weighted by molar-refractivity contribution is 5.38. The quantitative estimate of drug-likeness (QED) is 0.875. The van der Waals surface area contributed by atoms with Crippen LogP contribution in [-0.4, -0.2) is 27.3 Å². The molecule has 0 amide bonds. The van der Waals surface area contributed by atoms with Crippen molar-refractivity contribution in [3.63, 3.8) is 0 Å². The van der Waals surface area contributed by atoms with Crippen molar-refractivity contribution in [1.29, 1.82) is 0 Å². The van der Waals surface area contributed by atoms with Gasteiger partial charge in [0.2, 0.25) is 5.95 Å². The Kier molecular flexibility index (Phi) is 4.50. The second kappa shape index (κ2) is 6.32. The molecule has 0 fully saturated rings. The summed E-state index contributed by atoms with van der Waals surface area (Å²) in [5.74, 6) is 1.28. The topological polar surface area (TPSA) is 62.7 Å². The van der Waals surface area contributed by atoms with Gasteiger partial charge in [-0.2, -0.15) is 10.1 Å². The molecule has 0 saturated heterocycles. The number of nitrogens with one attached hydrogen (secondary N) is 2. The molecule has 2 aromatic rings. The monoisotopic (exact) mass is 271 g/mol. The summed E-state index contributed by atoms with van der Waals surface area (Å²) in [5.41, 5.74) is 1.24. The van der Waals surface area contributed by atoms with Crippen LogP contribution in [0.5, 0.6) is 0 Å². The van der Waals surface area contributed by atoms with Crippen molar-refractivity contribution in [3.05, 3.63) is 42.1 Å². The second-order valence-electron chi connectivity index (χ2n) is 5.70. The van der Waals surface area contributed by atoms with E-state index in [0.717, 1.165) is 18.8 Å². The minimum atomic E-state index is -0.0443. The van der Waals surface area contributed by atoms with E-state index in [0.29, 0.717) is 5.95 Å². The fourth-order valence-electron chi connectivity index (χ4n) is 1.79. The first-order chi connectivity index (χ1) is 9.53. The molecular formula is C15H21N5. The Morgan fingerprint density at radius 1 is 1.10 bits per heavy atom. The van der Waals surface area contributed by atoms with E-state index in [1.807, 2.05) is 18.2 Å². The van der Waals surface area contributed by atoms with Gasteiger partial charge in [0.25, 0.3) is 0 Å². The van der Waals surface area contributed by atoms with Crippen LogP contribution in [0.4, 0.5) is 11.8 Å². The molecule has 0 radical (unpaired) electrons. The Morgan fingerprint density at radius 2 is 1.85 bits per heavy atom. The summed E-state index contributed by atoms with van der Waals surface area (Å²) in [6.07, 6.45) is 2.56. The molecule has 1 heterocycles. The first kappa shape index (κ1) is 14.2. The van der Waals surface area contributed by atoms with Crippen molar-refractivity contribution in [2.75, 3.05) is 17.2 Å². The van der Waals surface area contributed by atoms with Gasteiger partial charge < -0.3 is 10.6 Å². The summed E-state index contributed by atoms with van der Waals surface area (Å²) in [6, 6.07) is 10.3. The van der Waals surface area contributed by atoms with Gasteiger partial charge in [0.1, 0.15) is 0 Å². The molecule has 0 aliphatic carbocycles. The molecule has 0 aliphatic heterocycles. The van der Waals surface area contributed by atoms with E-state index in [9.17, 15) is 0 Å². The van der Waals surface area contributed by atoms with Gasteiger partial charge in [-0.25, -0.2) is 0 Å². The first-order valence-corrected chi connectivity index (χ1v) is 6.79. The van der Waals surface area contributed by atoms with E-state index in [1.54, 1.807) is 6.20 Å². The lowest BCUT2D eigenvalue weighted by Gasteiger charge is -2.20. The molecule has 0 aliphatic rings. The highest BCUT2D eigenvalue weighted by Gasteiger charge is 2.10. The standard InChI is InChI=1S/C15H21N5/c1-15(2,3)19-13-11-17-20-14(18-13)16-10-9-12-7-5-4-6-8-12/h4-8,11H,9-10H2,1-3H3,(H2,16,18,19,20). The highest BCUT2D eigenvalue weighted by Crippen LogP contribution is 2.11. The lowest BCUT2D eigenvalue weighted by Crippen LogP contribution is -2.27. The first-order valence-electron chi connectivity index (χ1n) is 6.79. The van der Waals surface area contributed by atoms with Crippen LogP contribution >= 0.6 is 0 Å². The van der Waals surface area contributed by atoms with Gasteiger partial charge in [-0.3, -0.25) is 0 Å². The summed E-state index contributed by atoms with van der Waals surface area (Å²) in [4.78, 5) is 4.39. The highest BCUT2D eigenvalue weighted by atomic mass is 15.3. The molecule has 0 saturated carbocycles. The largest absolute Gasteiger partial charge is 0.364 e. The molecule has 5 nitrogen and oxygen atoms in total. The van der Waals surface area contributed by atoms with Crippen molar-refractivity contribution in [3.8, 4) is 0 Å². The van der Waals surface area contributed by atoms with Crippen LogP contribution in [-0.2, 0) is 6.42 Å². The van der Waals surface area contributed by atoms with E-state index >= 15 is 0 Å². The number of hydrogen-bond donors (Lipinski definition) is 2. The van der Waals surface area contributed by atoms with Gasteiger partial charge in [0.15, 0.2) is 5.82 Å². The summed E-state index contributed by atoms with van der Waals surface area (Å²) in [7, 11) is 0. The summed E-state index contributed by atoms with van der Waals surface area (Å²) < 4.78 is 0. The molecule has 20 heavy (non-hydrogen) atoms. The molecule has 5 heteroatoms. The number of benzene rings is 1. The molecule has 0 bridgehead atoms. The fourth-order valence-corrected chi connectivity index (χ4v) is 1.79. The van der Waals surface area contributed by atoms with Crippen LogP contribution in [0.2, 0.25) is 0 Å². The molecule has 0 spiro atoms. The Balaban J connectivity index is 1.88. The minimum Gasteiger partial charge on any atom is -0.364 e. The number of nitrogens with zero attached hydrogens (tertiary/aromatic N) is 3. The van der Waals surface area contributed by atoms with Crippen molar-refractivity contribution in [1.82, 2.24) is 15.2 Å². The minimum absolute atomic E-state index is 0.0443. The third-order valence-corrected chi connectivity index (χ3v) is 2.60. The van der Waals surface area contributed by atoms with Crippen molar-refractivity contribution < 1.29 is 0 Å². The van der Waals surface area contributed by atoms with E-state index in [4.69, 9.17) is 0 Å². The molecule has 2 rings (SSSR count). The smallest absolute Gasteiger partial charge is 0.244 e.